The number of para-hydroxylation sites is 1. The summed E-state index contributed by atoms with van der Waals surface area (Å²) in [5, 5.41) is 23.2. The van der Waals surface area contributed by atoms with Crippen LogP contribution in [0.1, 0.15) is 29.3 Å². The van der Waals surface area contributed by atoms with E-state index in [-0.39, 0.29) is 16.3 Å². The normalized spacial score (nSPS) is 21.4. The highest BCUT2D eigenvalue weighted by molar-refractivity contribution is 6.00. The van der Waals surface area contributed by atoms with Gasteiger partial charge in [-0.05, 0) is 25.5 Å². The van der Waals surface area contributed by atoms with E-state index in [1.807, 2.05) is 0 Å². The van der Waals surface area contributed by atoms with Gasteiger partial charge < -0.3 is 10.2 Å². The first-order valence-corrected chi connectivity index (χ1v) is 6.83. The SMILES string of the molecule is CC1=NN(C(=O)c2cccc(C)c2O)[C@@](O)(C(F)(F)OC(F)(F)F)C1. The molecule has 0 aromatic heterocycles. The number of carbonyl (C=O) groups excluding carboxylic acids is 1. The number of hydrogen-bond acceptors (Lipinski definition) is 5. The van der Waals surface area contributed by atoms with Gasteiger partial charge >= 0.3 is 12.5 Å². The highest BCUT2D eigenvalue weighted by atomic mass is 19.4. The zero-order valence-corrected chi connectivity index (χ0v) is 12.9. The number of phenols is 1. The number of benzene rings is 1. The average Bonchev–Trinajstić information content (AvgIpc) is 2.75. The molecule has 1 aromatic carbocycles. The van der Waals surface area contributed by atoms with Crippen LogP contribution < -0.4 is 0 Å². The van der Waals surface area contributed by atoms with Gasteiger partial charge in [0.05, 0.1) is 5.56 Å². The second kappa shape index (κ2) is 5.92. The molecular formula is C14H13F5N2O4. The van der Waals surface area contributed by atoms with Gasteiger partial charge in [-0.2, -0.15) is 18.9 Å². The van der Waals surface area contributed by atoms with Gasteiger partial charge in [0.15, 0.2) is 0 Å². The predicted octanol–water partition coefficient (Wildman–Crippen LogP) is 2.74. The second-order valence-corrected chi connectivity index (χ2v) is 5.48. The summed E-state index contributed by atoms with van der Waals surface area (Å²) in [7, 11) is 0. The number of aryl methyl sites for hydroxylation is 1. The number of ether oxygens (including phenoxy) is 1. The van der Waals surface area contributed by atoms with Crippen molar-refractivity contribution in [3.63, 3.8) is 0 Å². The fourth-order valence-corrected chi connectivity index (χ4v) is 2.33. The highest BCUT2D eigenvalue weighted by Gasteiger charge is 2.66. The standard InChI is InChI=1S/C14H13F5N2O4/c1-7-4-3-5-9(10(7)22)11(23)21-12(24,6-8(2)20-21)13(15,16)25-14(17,18)19/h3-5,22,24H,6H2,1-2H3/t12-/m0/s1. The van der Waals surface area contributed by atoms with Crippen molar-refractivity contribution in [2.75, 3.05) is 0 Å². The minimum absolute atomic E-state index is 0.206. The summed E-state index contributed by atoms with van der Waals surface area (Å²) in [6.07, 6.45) is -12.0. The van der Waals surface area contributed by atoms with Crippen LogP contribution in [0.4, 0.5) is 22.0 Å². The van der Waals surface area contributed by atoms with Crippen molar-refractivity contribution in [1.82, 2.24) is 5.01 Å². The van der Waals surface area contributed by atoms with E-state index < -0.39 is 41.8 Å². The molecule has 1 heterocycles. The molecule has 25 heavy (non-hydrogen) atoms. The Bertz CT molecular complexity index is 734. The Morgan fingerprint density at radius 1 is 1.28 bits per heavy atom. The molecule has 11 heteroatoms. The maximum atomic E-state index is 14.0. The molecule has 0 spiro atoms. The number of nitrogens with zero attached hydrogens (tertiary/aromatic N) is 2. The van der Waals surface area contributed by atoms with Gasteiger partial charge in [0.1, 0.15) is 5.75 Å². The molecule has 138 valence electrons. The average molecular weight is 368 g/mol. The van der Waals surface area contributed by atoms with E-state index in [9.17, 15) is 37.0 Å². The van der Waals surface area contributed by atoms with Gasteiger partial charge in [0, 0.05) is 12.1 Å². The van der Waals surface area contributed by atoms with Crippen molar-refractivity contribution in [2.24, 2.45) is 5.10 Å². The van der Waals surface area contributed by atoms with Crippen molar-refractivity contribution in [1.29, 1.82) is 0 Å². The van der Waals surface area contributed by atoms with E-state index in [0.717, 1.165) is 13.0 Å². The third-order valence-electron chi connectivity index (χ3n) is 3.49. The summed E-state index contributed by atoms with van der Waals surface area (Å²) >= 11 is 0. The first-order valence-electron chi connectivity index (χ1n) is 6.83. The number of alkyl halides is 5. The van der Waals surface area contributed by atoms with Crippen molar-refractivity contribution >= 4 is 11.6 Å². The van der Waals surface area contributed by atoms with Crippen LogP contribution in [-0.4, -0.2) is 45.0 Å². The number of phenolic OH excluding ortho intramolecular Hbond substituents is 1. The first kappa shape index (κ1) is 19.1. The molecule has 1 aromatic rings. The van der Waals surface area contributed by atoms with Crippen molar-refractivity contribution in [2.45, 2.75) is 38.5 Å². The summed E-state index contributed by atoms with van der Waals surface area (Å²) in [6, 6.07) is 3.79. The number of halogens is 5. The molecule has 0 saturated carbocycles. The van der Waals surface area contributed by atoms with Crippen LogP contribution in [0.5, 0.6) is 5.75 Å². The minimum Gasteiger partial charge on any atom is -0.507 e. The number of rotatable bonds is 3. The molecule has 0 fully saturated rings. The fourth-order valence-electron chi connectivity index (χ4n) is 2.33. The largest absolute Gasteiger partial charge is 0.527 e. The number of hydrogen-bond donors (Lipinski definition) is 2. The number of hydrazone groups is 1. The van der Waals surface area contributed by atoms with Gasteiger partial charge in [0.2, 0.25) is 0 Å². The predicted molar refractivity (Wildman–Crippen MR) is 73.8 cm³/mol. The van der Waals surface area contributed by atoms with Crippen LogP contribution in [-0.2, 0) is 4.74 Å². The number of aromatic hydroxyl groups is 1. The van der Waals surface area contributed by atoms with E-state index in [2.05, 4.69) is 9.84 Å². The molecule has 0 unspecified atom stereocenters. The van der Waals surface area contributed by atoms with Crippen LogP contribution in [0.25, 0.3) is 0 Å². The van der Waals surface area contributed by atoms with Crippen molar-refractivity contribution in [3.8, 4) is 5.75 Å². The van der Waals surface area contributed by atoms with E-state index in [0.29, 0.717) is 0 Å². The molecule has 1 aliphatic rings. The molecule has 0 bridgehead atoms. The third-order valence-corrected chi connectivity index (χ3v) is 3.49. The van der Waals surface area contributed by atoms with E-state index in [1.165, 1.54) is 19.1 Å². The molecule has 1 aliphatic heterocycles. The van der Waals surface area contributed by atoms with Crippen LogP contribution in [0.15, 0.2) is 23.3 Å². The number of amides is 1. The Labute approximate surface area is 138 Å². The van der Waals surface area contributed by atoms with Gasteiger partial charge in [-0.25, -0.2) is 4.74 Å². The highest BCUT2D eigenvalue weighted by Crippen LogP contribution is 2.44. The molecule has 2 N–H and O–H groups in total. The second-order valence-electron chi connectivity index (χ2n) is 5.48. The maximum Gasteiger partial charge on any atom is 0.527 e. The molecule has 0 saturated heterocycles. The lowest BCUT2D eigenvalue weighted by Gasteiger charge is -2.36. The number of aliphatic hydroxyl groups is 1. The lowest BCUT2D eigenvalue weighted by Crippen LogP contribution is -2.61. The number of carbonyl (C=O) groups is 1. The van der Waals surface area contributed by atoms with Crippen LogP contribution in [0, 0.1) is 6.92 Å². The first-order chi connectivity index (χ1) is 11.3. The van der Waals surface area contributed by atoms with Crippen LogP contribution >= 0.6 is 0 Å². The Balaban J connectivity index is 2.47. The van der Waals surface area contributed by atoms with E-state index >= 15 is 0 Å². The zero-order valence-electron chi connectivity index (χ0n) is 12.9. The quantitative estimate of drug-likeness (QED) is 0.804. The molecule has 2 rings (SSSR count). The van der Waals surface area contributed by atoms with Crippen LogP contribution in [0.3, 0.4) is 0 Å². The topological polar surface area (TPSA) is 82.4 Å². The molecule has 1 amide bonds. The molecule has 0 radical (unpaired) electrons. The van der Waals surface area contributed by atoms with Gasteiger partial charge in [-0.3, -0.25) is 4.79 Å². The maximum absolute atomic E-state index is 14.0. The molecular weight excluding hydrogens is 355 g/mol. The zero-order chi connectivity index (χ0) is 19.2. The Morgan fingerprint density at radius 2 is 1.88 bits per heavy atom. The van der Waals surface area contributed by atoms with Crippen molar-refractivity contribution in [3.05, 3.63) is 29.3 Å². The van der Waals surface area contributed by atoms with E-state index in [1.54, 1.807) is 0 Å². The summed E-state index contributed by atoms with van der Waals surface area (Å²) in [6.45, 7) is 2.55. The molecule has 0 aliphatic carbocycles. The lowest BCUT2D eigenvalue weighted by atomic mass is 10.0. The summed E-state index contributed by atoms with van der Waals surface area (Å²) in [5.74, 6) is -1.99. The van der Waals surface area contributed by atoms with Gasteiger partial charge in [-0.1, -0.05) is 12.1 Å². The van der Waals surface area contributed by atoms with Gasteiger partial charge in [-0.15, -0.1) is 13.2 Å². The third kappa shape index (κ3) is 3.42. The summed E-state index contributed by atoms with van der Waals surface area (Å²) < 4.78 is 67.4. The summed E-state index contributed by atoms with van der Waals surface area (Å²) in [4.78, 5) is 12.4. The molecule has 1 atom stereocenters. The lowest BCUT2D eigenvalue weighted by molar-refractivity contribution is -0.468. The fraction of sp³-hybridized carbons (Fsp3) is 0.429. The summed E-state index contributed by atoms with van der Waals surface area (Å²) in [5.41, 5.74) is -4.24. The van der Waals surface area contributed by atoms with Crippen LogP contribution in [0.2, 0.25) is 0 Å². The Kier molecular flexibility index (Phi) is 4.51. The van der Waals surface area contributed by atoms with Gasteiger partial charge in [0.25, 0.3) is 11.6 Å². The monoisotopic (exact) mass is 368 g/mol. The molecule has 6 nitrogen and oxygen atoms in total. The minimum atomic E-state index is -5.77. The van der Waals surface area contributed by atoms with Crippen molar-refractivity contribution < 1.29 is 41.7 Å². The Hall–Kier alpha value is -2.27. The van der Waals surface area contributed by atoms with E-state index in [4.69, 9.17) is 0 Å². The smallest absolute Gasteiger partial charge is 0.507 e. The Morgan fingerprint density at radius 3 is 2.44 bits per heavy atom.